The van der Waals surface area contributed by atoms with E-state index >= 15 is 0 Å². The average molecular weight is 401 g/mol. The van der Waals surface area contributed by atoms with Gasteiger partial charge in [-0.15, -0.1) is 0 Å². The van der Waals surface area contributed by atoms with Crippen molar-refractivity contribution >= 4 is 0 Å². The maximum Gasteiger partial charge on any atom is 0.266 e. The molecular formula is C21H32N6O2. The summed E-state index contributed by atoms with van der Waals surface area (Å²) in [7, 11) is 0. The molecule has 0 bridgehead atoms. The minimum absolute atomic E-state index is 0.00608. The molecule has 2 aromatic rings. The van der Waals surface area contributed by atoms with Crippen LogP contribution in [-0.2, 0) is 18.5 Å². The number of rotatable bonds is 6. The van der Waals surface area contributed by atoms with E-state index in [2.05, 4.69) is 40.7 Å². The molecule has 0 aromatic carbocycles. The van der Waals surface area contributed by atoms with Gasteiger partial charge in [-0.3, -0.25) is 24.0 Å². The first-order valence-electron chi connectivity index (χ1n) is 10.3. The first-order valence-corrected chi connectivity index (χ1v) is 10.3. The van der Waals surface area contributed by atoms with Crippen LogP contribution >= 0.6 is 0 Å². The zero-order valence-corrected chi connectivity index (χ0v) is 18.0. The molecular weight excluding hydrogens is 368 g/mol. The van der Waals surface area contributed by atoms with Gasteiger partial charge < -0.3 is 0 Å². The predicted molar refractivity (Wildman–Crippen MR) is 113 cm³/mol. The van der Waals surface area contributed by atoms with Gasteiger partial charge in [-0.1, -0.05) is 20.8 Å². The Morgan fingerprint density at radius 2 is 1.52 bits per heavy atom. The Morgan fingerprint density at radius 1 is 0.897 bits per heavy atom. The van der Waals surface area contributed by atoms with Gasteiger partial charge in [-0.2, -0.15) is 5.10 Å². The second-order valence-corrected chi connectivity index (χ2v) is 8.78. The summed E-state index contributed by atoms with van der Waals surface area (Å²) >= 11 is 0. The summed E-state index contributed by atoms with van der Waals surface area (Å²) in [5.74, 6) is 0. The Morgan fingerprint density at radius 3 is 2.10 bits per heavy atom. The molecule has 0 amide bonds. The molecule has 1 fully saturated rings. The third-order valence-corrected chi connectivity index (χ3v) is 5.40. The van der Waals surface area contributed by atoms with E-state index in [9.17, 15) is 9.59 Å². The molecule has 8 heteroatoms. The van der Waals surface area contributed by atoms with E-state index in [1.54, 1.807) is 27.7 Å². The summed E-state index contributed by atoms with van der Waals surface area (Å²) in [5, 5.41) is 4.55. The van der Waals surface area contributed by atoms with E-state index in [0.29, 0.717) is 13.1 Å². The van der Waals surface area contributed by atoms with Crippen LogP contribution in [0.4, 0.5) is 0 Å². The fourth-order valence-corrected chi connectivity index (χ4v) is 3.42. The quantitative estimate of drug-likeness (QED) is 0.711. The van der Waals surface area contributed by atoms with Crippen LogP contribution in [0.1, 0.15) is 32.2 Å². The van der Waals surface area contributed by atoms with E-state index in [0.717, 1.165) is 50.7 Å². The Bertz CT molecular complexity index is 935. The molecule has 158 valence electrons. The fraction of sp³-hybridized carbons (Fsp3) is 0.619. The standard InChI is InChI=1S/C21H32N6O2/c1-17-15-20(29)26(16-22-17)13-11-24-7-9-25(10-8-24)12-14-27-19(28)6-5-18(23-27)21(2,3)4/h5-6,15-16H,7-14H2,1-4H3. The molecule has 0 aliphatic carbocycles. The van der Waals surface area contributed by atoms with Crippen molar-refractivity contribution in [3.8, 4) is 0 Å². The molecule has 0 saturated carbocycles. The molecule has 1 saturated heterocycles. The zero-order chi connectivity index (χ0) is 21.0. The van der Waals surface area contributed by atoms with Crippen LogP contribution in [-0.4, -0.2) is 68.4 Å². The van der Waals surface area contributed by atoms with Crippen LogP contribution in [0.5, 0.6) is 0 Å². The summed E-state index contributed by atoms with van der Waals surface area (Å²) in [6.45, 7) is 14.9. The van der Waals surface area contributed by atoms with Gasteiger partial charge in [0.2, 0.25) is 0 Å². The maximum absolute atomic E-state index is 12.1. The van der Waals surface area contributed by atoms with Gasteiger partial charge in [-0.05, 0) is 13.0 Å². The highest BCUT2D eigenvalue weighted by Gasteiger charge is 2.19. The summed E-state index contributed by atoms with van der Waals surface area (Å²) in [6.07, 6.45) is 1.63. The number of hydrogen-bond acceptors (Lipinski definition) is 6. The predicted octanol–water partition coefficient (Wildman–Crippen LogP) is 0.724. The SMILES string of the molecule is Cc1cc(=O)n(CCN2CCN(CCn3nc(C(C)(C)C)ccc3=O)CC2)cn1. The zero-order valence-electron chi connectivity index (χ0n) is 18.0. The average Bonchev–Trinajstić information content (AvgIpc) is 2.66. The molecule has 0 radical (unpaired) electrons. The Kier molecular flexibility index (Phi) is 6.64. The Hall–Kier alpha value is -2.32. The summed E-state index contributed by atoms with van der Waals surface area (Å²) < 4.78 is 3.25. The van der Waals surface area contributed by atoms with Crippen LogP contribution in [0.15, 0.2) is 34.1 Å². The number of nitrogens with zero attached hydrogens (tertiary/aromatic N) is 6. The van der Waals surface area contributed by atoms with Gasteiger partial charge in [0.1, 0.15) is 0 Å². The molecule has 1 aliphatic heterocycles. The van der Waals surface area contributed by atoms with Gasteiger partial charge in [0.05, 0.1) is 18.6 Å². The largest absolute Gasteiger partial charge is 0.299 e. The van der Waals surface area contributed by atoms with Crippen LogP contribution in [0.3, 0.4) is 0 Å². The first-order chi connectivity index (χ1) is 13.7. The highest BCUT2D eigenvalue weighted by atomic mass is 16.1. The van der Waals surface area contributed by atoms with Crippen LogP contribution < -0.4 is 11.1 Å². The molecule has 3 rings (SSSR count). The highest BCUT2D eigenvalue weighted by Crippen LogP contribution is 2.18. The third kappa shape index (κ3) is 5.83. The summed E-state index contributed by atoms with van der Waals surface area (Å²) in [5.41, 5.74) is 1.57. The molecule has 0 N–H and O–H groups in total. The lowest BCUT2D eigenvalue weighted by Crippen LogP contribution is -2.48. The lowest BCUT2D eigenvalue weighted by molar-refractivity contribution is 0.124. The van der Waals surface area contributed by atoms with Crippen LogP contribution in [0, 0.1) is 6.92 Å². The molecule has 1 aliphatic rings. The van der Waals surface area contributed by atoms with E-state index in [1.165, 1.54) is 0 Å². The summed E-state index contributed by atoms with van der Waals surface area (Å²) in [4.78, 5) is 33.0. The van der Waals surface area contributed by atoms with Crippen molar-refractivity contribution in [2.24, 2.45) is 0 Å². The van der Waals surface area contributed by atoms with Gasteiger partial charge in [-0.25, -0.2) is 9.67 Å². The van der Waals surface area contributed by atoms with E-state index < -0.39 is 0 Å². The molecule has 3 heterocycles. The van der Waals surface area contributed by atoms with Crippen molar-refractivity contribution in [1.82, 2.24) is 29.1 Å². The number of aromatic nitrogens is 4. The highest BCUT2D eigenvalue weighted by molar-refractivity contribution is 5.10. The fourth-order valence-electron chi connectivity index (χ4n) is 3.42. The Labute approximate surface area is 171 Å². The van der Waals surface area contributed by atoms with E-state index in [4.69, 9.17) is 0 Å². The monoisotopic (exact) mass is 400 g/mol. The van der Waals surface area contributed by atoms with Crippen molar-refractivity contribution in [2.45, 2.75) is 46.2 Å². The van der Waals surface area contributed by atoms with Crippen LogP contribution in [0.25, 0.3) is 0 Å². The van der Waals surface area contributed by atoms with Gasteiger partial charge in [0.25, 0.3) is 11.1 Å². The van der Waals surface area contributed by atoms with Gasteiger partial charge in [0.15, 0.2) is 0 Å². The molecule has 0 unspecified atom stereocenters. The summed E-state index contributed by atoms with van der Waals surface area (Å²) in [6, 6.07) is 5.02. The van der Waals surface area contributed by atoms with Crippen molar-refractivity contribution in [1.29, 1.82) is 0 Å². The minimum atomic E-state index is -0.0734. The smallest absolute Gasteiger partial charge is 0.266 e. The van der Waals surface area contributed by atoms with Crippen LogP contribution in [0.2, 0.25) is 0 Å². The number of aryl methyl sites for hydroxylation is 1. The normalized spacial score (nSPS) is 16.3. The molecule has 0 spiro atoms. The van der Waals surface area contributed by atoms with E-state index in [-0.39, 0.29) is 16.5 Å². The second kappa shape index (κ2) is 9.00. The van der Waals surface area contributed by atoms with Gasteiger partial charge in [0, 0.05) is 69.1 Å². The minimum Gasteiger partial charge on any atom is -0.299 e. The third-order valence-electron chi connectivity index (χ3n) is 5.40. The number of piperazine rings is 1. The van der Waals surface area contributed by atoms with Crippen molar-refractivity contribution in [3.05, 3.63) is 56.6 Å². The molecule has 8 nitrogen and oxygen atoms in total. The Balaban J connectivity index is 1.47. The topological polar surface area (TPSA) is 76.3 Å². The van der Waals surface area contributed by atoms with Crippen molar-refractivity contribution in [3.63, 3.8) is 0 Å². The van der Waals surface area contributed by atoms with Crippen molar-refractivity contribution < 1.29 is 0 Å². The molecule has 29 heavy (non-hydrogen) atoms. The molecule has 2 aromatic heterocycles. The maximum atomic E-state index is 12.1. The first kappa shape index (κ1) is 21.4. The second-order valence-electron chi connectivity index (χ2n) is 8.78. The lowest BCUT2D eigenvalue weighted by Gasteiger charge is -2.34. The lowest BCUT2D eigenvalue weighted by atomic mass is 9.92. The van der Waals surface area contributed by atoms with Crippen molar-refractivity contribution in [2.75, 3.05) is 39.3 Å². The van der Waals surface area contributed by atoms with E-state index in [1.807, 2.05) is 13.0 Å². The van der Waals surface area contributed by atoms with Gasteiger partial charge >= 0.3 is 0 Å². The number of hydrogen-bond donors (Lipinski definition) is 0. The molecule has 0 atom stereocenters.